The van der Waals surface area contributed by atoms with Gasteiger partial charge in [-0.15, -0.1) is 15.3 Å². The first-order valence-corrected chi connectivity index (χ1v) is 9.01. The van der Waals surface area contributed by atoms with Gasteiger partial charge in [-0.3, -0.25) is 0 Å². The van der Waals surface area contributed by atoms with Gasteiger partial charge in [0.05, 0.1) is 18.1 Å². The minimum absolute atomic E-state index is 0.337. The Morgan fingerprint density at radius 3 is 2.88 bits per heavy atom. The van der Waals surface area contributed by atoms with Crippen molar-refractivity contribution in [1.82, 2.24) is 29.4 Å². The van der Waals surface area contributed by atoms with E-state index in [4.69, 9.17) is 0 Å². The Bertz CT molecular complexity index is 948. The monoisotopic (exact) mass is 359 g/mol. The van der Waals surface area contributed by atoms with E-state index in [2.05, 4.69) is 29.7 Å². The van der Waals surface area contributed by atoms with Gasteiger partial charge < -0.3 is 9.47 Å². The molecule has 4 heterocycles. The molecule has 9 heteroatoms. The maximum atomic E-state index is 13.1. The Kier molecular flexibility index (Phi) is 3.61. The second-order valence-corrected chi connectivity index (χ2v) is 6.96. The molecule has 26 heavy (non-hydrogen) atoms. The molecule has 0 radical (unpaired) electrons. The number of nitrogens with zero attached hydrogens (tertiary/aromatic N) is 7. The smallest absolute Gasteiger partial charge is 0.299 e. The van der Waals surface area contributed by atoms with Gasteiger partial charge in [-0.25, -0.2) is 13.8 Å². The number of fused-ring (bicyclic) bond motifs is 2. The zero-order valence-electron chi connectivity index (χ0n) is 14.2. The Hall–Kier alpha value is -2.58. The standard InChI is InChI=1S/C17H19F2N7/c18-16(19)17-22-21-14-5-6-15(23-26(14)17)24-8-7-11(9-24)25-10-20-12-3-1-2-4-13(12)25/h5-6,10-11,16H,1-4,7-9H2. The summed E-state index contributed by atoms with van der Waals surface area (Å²) in [7, 11) is 0. The van der Waals surface area contributed by atoms with Crippen molar-refractivity contribution in [3.05, 3.63) is 35.7 Å². The molecule has 0 aromatic carbocycles. The number of anilines is 1. The molecule has 1 atom stereocenters. The van der Waals surface area contributed by atoms with Crippen molar-refractivity contribution >= 4 is 11.5 Å². The molecule has 0 N–H and O–H groups in total. The highest BCUT2D eigenvalue weighted by Gasteiger charge is 2.28. The third-order valence-electron chi connectivity index (χ3n) is 5.41. The Morgan fingerprint density at radius 2 is 2.00 bits per heavy atom. The van der Waals surface area contributed by atoms with Crippen molar-refractivity contribution < 1.29 is 8.78 Å². The van der Waals surface area contributed by atoms with Crippen molar-refractivity contribution in [1.29, 1.82) is 0 Å². The molecule has 5 rings (SSSR count). The van der Waals surface area contributed by atoms with Gasteiger partial charge in [0.25, 0.3) is 6.43 Å². The summed E-state index contributed by atoms with van der Waals surface area (Å²) in [6.45, 7) is 1.63. The number of halogens is 2. The third kappa shape index (κ3) is 2.45. The van der Waals surface area contributed by atoms with Gasteiger partial charge in [-0.05, 0) is 44.2 Å². The Morgan fingerprint density at radius 1 is 1.12 bits per heavy atom. The van der Waals surface area contributed by atoms with E-state index >= 15 is 0 Å². The van der Waals surface area contributed by atoms with E-state index in [1.807, 2.05) is 12.4 Å². The van der Waals surface area contributed by atoms with Crippen molar-refractivity contribution in [2.45, 2.75) is 44.6 Å². The number of hydrogen-bond acceptors (Lipinski definition) is 5. The fourth-order valence-corrected chi connectivity index (χ4v) is 4.08. The van der Waals surface area contributed by atoms with Crippen LogP contribution in [0.15, 0.2) is 18.5 Å². The molecular weight excluding hydrogens is 340 g/mol. The van der Waals surface area contributed by atoms with Crippen molar-refractivity contribution in [3.63, 3.8) is 0 Å². The molecule has 3 aromatic heterocycles. The fraction of sp³-hybridized carbons (Fsp3) is 0.529. The lowest BCUT2D eigenvalue weighted by atomic mass is 10.0. The molecule has 0 saturated carbocycles. The van der Waals surface area contributed by atoms with Crippen LogP contribution in [0.3, 0.4) is 0 Å². The quantitative estimate of drug-likeness (QED) is 0.719. The highest BCUT2D eigenvalue weighted by atomic mass is 19.3. The van der Waals surface area contributed by atoms with Crippen LogP contribution in [0.5, 0.6) is 0 Å². The zero-order chi connectivity index (χ0) is 17.7. The minimum atomic E-state index is -2.70. The summed E-state index contributed by atoms with van der Waals surface area (Å²) in [5.41, 5.74) is 2.94. The lowest BCUT2D eigenvalue weighted by Crippen LogP contribution is -2.23. The normalized spacial score (nSPS) is 20.3. The first-order valence-electron chi connectivity index (χ1n) is 9.01. The molecule has 1 saturated heterocycles. The molecule has 3 aromatic rings. The van der Waals surface area contributed by atoms with Crippen LogP contribution >= 0.6 is 0 Å². The highest BCUT2D eigenvalue weighted by molar-refractivity contribution is 5.46. The van der Waals surface area contributed by atoms with E-state index in [1.54, 1.807) is 6.07 Å². The van der Waals surface area contributed by atoms with Crippen LogP contribution in [0.25, 0.3) is 5.65 Å². The molecule has 0 spiro atoms. The molecule has 2 aliphatic rings. The maximum Gasteiger partial charge on any atom is 0.299 e. The predicted octanol–water partition coefficient (Wildman–Crippen LogP) is 2.59. The van der Waals surface area contributed by atoms with Crippen LogP contribution in [0.1, 0.15) is 48.9 Å². The fourth-order valence-electron chi connectivity index (χ4n) is 4.08. The summed E-state index contributed by atoms with van der Waals surface area (Å²) in [5, 5.41) is 11.6. The van der Waals surface area contributed by atoms with Crippen molar-refractivity contribution in [3.8, 4) is 0 Å². The molecule has 0 bridgehead atoms. The van der Waals surface area contributed by atoms with Gasteiger partial charge in [0, 0.05) is 18.8 Å². The van der Waals surface area contributed by atoms with E-state index in [0.717, 1.165) is 36.9 Å². The Labute approximate surface area is 148 Å². The molecule has 136 valence electrons. The Balaban J connectivity index is 1.41. The van der Waals surface area contributed by atoms with Crippen LogP contribution in [-0.2, 0) is 12.8 Å². The molecular formula is C17H19F2N7. The highest BCUT2D eigenvalue weighted by Crippen LogP contribution is 2.30. The van der Waals surface area contributed by atoms with Crippen LogP contribution in [-0.4, -0.2) is 42.5 Å². The van der Waals surface area contributed by atoms with Gasteiger partial charge >= 0.3 is 0 Å². The average molecular weight is 359 g/mol. The van der Waals surface area contributed by atoms with Gasteiger partial charge in [0.2, 0.25) is 5.82 Å². The second kappa shape index (κ2) is 6.00. The lowest BCUT2D eigenvalue weighted by Gasteiger charge is -2.20. The number of alkyl halides is 2. The van der Waals surface area contributed by atoms with E-state index in [-0.39, 0.29) is 0 Å². The second-order valence-electron chi connectivity index (χ2n) is 6.96. The molecule has 1 aliphatic carbocycles. The maximum absolute atomic E-state index is 13.1. The SMILES string of the molecule is FC(F)c1nnc2ccc(N3CCC(n4cnc5c4CCCC5)C3)nn12. The average Bonchev–Trinajstić information content (AvgIpc) is 3.37. The van der Waals surface area contributed by atoms with Crippen molar-refractivity contribution in [2.75, 3.05) is 18.0 Å². The van der Waals surface area contributed by atoms with Crippen LogP contribution < -0.4 is 4.90 Å². The number of rotatable bonds is 3. The number of aryl methyl sites for hydroxylation is 1. The zero-order valence-corrected chi connectivity index (χ0v) is 14.2. The molecule has 0 amide bonds. The first kappa shape index (κ1) is 15.7. The van der Waals surface area contributed by atoms with E-state index in [9.17, 15) is 8.78 Å². The molecule has 1 aliphatic heterocycles. The summed E-state index contributed by atoms with van der Waals surface area (Å²) < 4.78 is 29.6. The predicted molar refractivity (Wildman–Crippen MR) is 90.5 cm³/mol. The van der Waals surface area contributed by atoms with Gasteiger partial charge in [0.1, 0.15) is 5.82 Å². The van der Waals surface area contributed by atoms with Crippen LogP contribution in [0, 0.1) is 0 Å². The van der Waals surface area contributed by atoms with E-state index in [1.165, 1.54) is 24.2 Å². The summed E-state index contributed by atoms with van der Waals surface area (Å²) in [5.74, 6) is 0.261. The van der Waals surface area contributed by atoms with E-state index in [0.29, 0.717) is 17.5 Å². The van der Waals surface area contributed by atoms with Gasteiger partial charge in [0.15, 0.2) is 5.65 Å². The molecule has 1 unspecified atom stereocenters. The van der Waals surface area contributed by atoms with E-state index < -0.39 is 12.2 Å². The third-order valence-corrected chi connectivity index (χ3v) is 5.41. The van der Waals surface area contributed by atoms with Crippen LogP contribution in [0.4, 0.5) is 14.6 Å². The number of imidazole rings is 1. The minimum Gasteiger partial charge on any atom is -0.353 e. The van der Waals surface area contributed by atoms with Gasteiger partial charge in [-0.2, -0.15) is 4.52 Å². The van der Waals surface area contributed by atoms with Crippen LogP contribution in [0.2, 0.25) is 0 Å². The summed E-state index contributed by atoms with van der Waals surface area (Å²) in [4.78, 5) is 6.72. The largest absolute Gasteiger partial charge is 0.353 e. The first-order chi connectivity index (χ1) is 12.7. The van der Waals surface area contributed by atoms with Crippen molar-refractivity contribution in [2.24, 2.45) is 0 Å². The van der Waals surface area contributed by atoms with Gasteiger partial charge in [-0.1, -0.05) is 0 Å². The molecule has 1 fully saturated rings. The summed E-state index contributed by atoms with van der Waals surface area (Å²) >= 11 is 0. The number of hydrogen-bond donors (Lipinski definition) is 0. The summed E-state index contributed by atoms with van der Waals surface area (Å²) in [6, 6.07) is 3.86. The summed E-state index contributed by atoms with van der Waals surface area (Å²) in [6.07, 6.45) is 4.86. The lowest BCUT2D eigenvalue weighted by molar-refractivity contribution is 0.137. The molecule has 7 nitrogen and oxygen atoms in total. The number of aromatic nitrogens is 6. The topological polar surface area (TPSA) is 64.1 Å².